The standard InChI is InChI=1S/C14H22N2O2/c1-2-6-15-11-12-3-7-16-14(10-12)18-13-4-8-17-9-5-13/h3,7,10,13,15H,2,4-6,8-9,11H2,1H3. The van der Waals surface area contributed by atoms with Gasteiger partial charge >= 0.3 is 0 Å². The summed E-state index contributed by atoms with van der Waals surface area (Å²) >= 11 is 0. The van der Waals surface area contributed by atoms with Gasteiger partial charge in [-0.15, -0.1) is 0 Å². The molecule has 4 nitrogen and oxygen atoms in total. The van der Waals surface area contributed by atoms with Gasteiger partial charge in [0.05, 0.1) is 13.2 Å². The molecule has 2 rings (SSSR count). The smallest absolute Gasteiger partial charge is 0.213 e. The van der Waals surface area contributed by atoms with E-state index in [1.165, 1.54) is 5.56 Å². The number of hydrogen-bond acceptors (Lipinski definition) is 4. The molecule has 2 heterocycles. The summed E-state index contributed by atoms with van der Waals surface area (Å²) in [4.78, 5) is 4.27. The second-order valence-corrected chi connectivity index (χ2v) is 4.61. The van der Waals surface area contributed by atoms with Crippen LogP contribution in [0.2, 0.25) is 0 Å². The summed E-state index contributed by atoms with van der Waals surface area (Å²) in [6.07, 6.45) is 5.14. The van der Waals surface area contributed by atoms with Crippen molar-refractivity contribution in [2.24, 2.45) is 0 Å². The molecule has 0 amide bonds. The van der Waals surface area contributed by atoms with Crippen molar-refractivity contribution in [1.29, 1.82) is 0 Å². The van der Waals surface area contributed by atoms with E-state index in [1.54, 1.807) is 0 Å². The summed E-state index contributed by atoms with van der Waals surface area (Å²) in [6.45, 7) is 5.67. The summed E-state index contributed by atoms with van der Waals surface area (Å²) < 4.78 is 11.2. The molecule has 1 aliphatic heterocycles. The predicted octanol–water partition coefficient (Wildman–Crippen LogP) is 2.14. The predicted molar refractivity (Wildman–Crippen MR) is 70.7 cm³/mol. The van der Waals surface area contributed by atoms with Gasteiger partial charge in [0.2, 0.25) is 5.88 Å². The Balaban J connectivity index is 1.85. The van der Waals surface area contributed by atoms with Gasteiger partial charge in [0.15, 0.2) is 0 Å². The van der Waals surface area contributed by atoms with E-state index in [0.29, 0.717) is 0 Å². The van der Waals surface area contributed by atoms with Crippen molar-refractivity contribution in [1.82, 2.24) is 10.3 Å². The van der Waals surface area contributed by atoms with E-state index in [1.807, 2.05) is 18.3 Å². The molecule has 0 spiro atoms. The molecule has 0 bridgehead atoms. The topological polar surface area (TPSA) is 43.4 Å². The maximum Gasteiger partial charge on any atom is 0.213 e. The summed E-state index contributed by atoms with van der Waals surface area (Å²) in [5, 5.41) is 3.38. The number of nitrogens with one attached hydrogen (secondary N) is 1. The molecule has 1 aromatic heterocycles. The Morgan fingerprint density at radius 3 is 3.06 bits per heavy atom. The molecule has 1 N–H and O–H groups in total. The minimum atomic E-state index is 0.255. The van der Waals surface area contributed by atoms with Crippen LogP contribution in [-0.4, -0.2) is 30.8 Å². The maximum absolute atomic E-state index is 5.88. The molecule has 100 valence electrons. The number of nitrogens with zero attached hydrogens (tertiary/aromatic N) is 1. The molecule has 0 aliphatic carbocycles. The van der Waals surface area contributed by atoms with Crippen molar-refractivity contribution < 1.29 is 9.47 Å². The Kier molecular flexibility index (Phi) is 5.42. The first-order chi connectivity index (χ1) is 8.88. The summed E-state index contributed by atoms with van der Waals surface area (Å²) in [5.74, 6) is 0.734. The molecule has 0 atom stereocenters. The van der Waals surface area contributed by atoms with Gasteiger partial charge in [0.25, 0.3) is 0 Å². The molecular weight excluding hydrogens is 228 g/mol. The molecule has 1 aliphatic rings. The first-order valence-corrected chi connectivity index (χ1v) is 6.78. The van der Waals surface area contributed by atoms with E-state index in [0.717, 1.165) is 51.4 Å². The third kappa shape index (κ3) is 4.27. The molecule has 0 aromatic carbocycles. The van der Waals surface area contributed by atoms with Gasteiger partial charge in [-0.2, -0.15) is 0 Å². The van der Waals surface area contributed by atoms with E-state index in [4.69, 9.17) is 9.47 Å². The monoisotopic (exact) mass is 250 g/mol. The van der Waals surface area contributed by atoms with Gasteiger partial charge in [0, 0.05) is 31.6 Å². The Morgan fingerprint density at radius 1 is 1.44 bits per heavy atom. The fourth-order valence-corrected chi connectivity index (χ4v) is 2.00. The zero-order valence-electron chi connectivity index (χ0n) is 11.0. The van der Waals surface area contributed by atoms with Crippen LogP contribution in [0.4, 0.5) is 0 Å². The average Bonchev–Trinajstić information content (AvgIpc) is 2.41. The van der Waals surface area contributed by atoms with Crippen LogP contribution >= 0.6 is 0 Å². The van der Waals surface area contributed by atoms with Crippen molar-refractivity contribution in [2.75, 3.05) is 19.8 Å². The number of aromatic nitrogens is 1. The van der Waals surface area contributed by atoms with E-state index in [2.05, 4.69) is 17.2 Å². The molecule has 1 fully saturated rings. The number of hydrogen-bond donors (Lipinski definition) is 1. The van der Waals surface area contributed by atoms with Crippen LogP contribution in [0.15, 0.2) is 18.3 Å². The zero-order valence-corrected chi connectivity index (χ0v) is 11.0. The lowest BCUT2D eigenvalue weighted by molar-refractivity contribution is 0.0237. The highest BCUT2D eigenvalue weighted by Gasteiger charge is 2.15. The van der Waals surface area contributed by atoms with Crippen LogP contribution in [0.3, 0.4) is 0 Å². The Hall–Kier alpha value is -1.13. The van der Waals surface area contributed by atoms with Gasteiger partial charge in [-0.1, -0.05) is 6.92 Å². The Labute approximate surface area is 109 Å². The van der Waals surface area contributed by atoms with Crippen LogP contribution in [0.5, 0.6) is 5.88 Å². The number of rotatable bonds is 6. The van der Waals surface area contributed by atoms with Gasteiger partial charge in [0.1, 0.15) is 6.10 Å². The fraction of sp³-hybridized carbons (Fsp3) is 0.643. The molecule has 18 heavy (non-hydrogen) atoms. The first-order valence-electron chi connectivity index (χ1n) is 6.78. The Bertz CT molecular complexity index is 351. The molecule has 1 saturated heterocycles. The van der Waals surface area contributed by atoms with E-state index in [9.17, 15) is 0 Å². The van der Waals surface area contributed by atoms with Gasteiger partial charge < -0.3 is 14.8 Å². The zero-order chi connectivity index (χ0) is 12.6. The van der Waals surface area contributed by atoms with Crippen LogP contribution in [0, 0.1) is 0 Å². The van der Waals surface area contributed by atoms with E-state index < -0.39 is 0 Å². The first kappa shape index (κ1) is 13.3. The largest absolute Gasteiger partial charge is 0.474 e. The van der Waals surface area contributed by atoms with Crippen LogP contribution in [0.1, 0.15) is 31.7 Å². The minimum Gasteiger partial charge on any atom is -0.474 e. The SMILES string of the molecule is CCCNCc1ccnc(OC2CCOCC2)c1. The third-order valence-corrected chi connectivity index (χ3v) is 3.01. The average molecular weight is 250 g/mol. The summed E-state index contributed by atoms with van der Waals surface area (Å²) in [5.41, 5.74) is 1.22. The molecule has 0 saturated carbocycles. The van der Waals surface area contributed by atoms with Crippen LogP contribution < -0.4 is 10.1 Å². The highest BCUT2D eigenvalue weighted by molar-refractivity contribution is 5.20. The Morgan fingerprint density at radius 2 is 2.28 bits per heavy atom. The van der Waals surface area contributed by atoms with Crippen molar-refractivity contribution in [3.63, 3.8) is 0 Å². The van der Waals surface area contributed by atoms with Crippen molar-refractivity contribution >= 4 is 0 Å². The number of pyridine rings is 1. The molecule has 0 unspecified atom stereocenters. The lowest BCUT2D eigenvalue weighted by atomic mass is 10.1. The van der Waals surface area contributed by atoms with E-state index in [-0.39, 0.29) is 6.10 Å². The van der Waals surface area contributed by atoms with Crippen molar-refractivity contribution in [2.45, 2.75) is 38.8 Å². The highest BCUT2D eigenvalue weighted by atomic mass is 16.5. The van der Waals surface area contributed by atoms with Gasteiger partial charge in [-0.3, -0.25) is 0 Å². The number of ether oxygens (including phenoxy) is 2. The maximum atomic E-state index is 5.88. The van der Waals surface area contributed by atoms with Crippen LogP contribution in [0.25, 0.3) is 0 Å². The second-order valence-electron chi connectivity index (χ2n) is 4.61. The fourth-order valence-electron chi connectivity index (χ4n) is 2.00. The summed E-state index contributed by atoms with van der Waals surface area (Å²) in [6, 6.07) is 4.05. The third-order valence-electron chi connectivity index (χ3n) is 3.01. The summed E-state index contributed by atoms with van der Waals surface area (Å²) in [7, 11) is 0. The molecular formula is C14H22N2O2. The van der Waals surface area contributed by atoms with Gasteiger partial charge in [-0.25, -0.2) is 4.98 Å². The second kappa shape index (κ2) is 7.34. The lowest BCUT2D eigenvalue weighted by Gasteiger charge is -2.22. The van der Waals surface area contributed by atoms with Crippen molar-refractivity contribution in [3.8, 4) is 5.88 Å². The quantitative estimate of drug-likeness (QED) is 0.786. The highest BCUT2D eigenvalue weighted by Crippen LogP contribution is 2.16. The lowest BCUT2D eigenvalue weighted by Crippen LogP contribution is -2.26. The normalized spacial score (nSPS) is 16.7. The van der Waals surface area contributed by atoms with Gasteiger partial charge in [-0.05, 0) is 24.6 Å². The van der Waals surface area contributed by atoms with E-state index >= 15 is 0 Å². The molecule has 0 radical (unpaired) electrons. The molecule has 1 aromatic rings. The van der Waals surface area contributed by atoms with Crippen LogP contribution in [-0.2, 0) is 11.3 Å². The minimum absolute atomic E-state index is 0.255. The molecule has 4 heteroatoms. The van der Waals surface area contributed by atoms with Crippen molar-refractivity contribution in [3.05, 3.63) is 23.9 Å².